The third-order valence-electron chi connectivity index (χ3n) is 6.41. The lowest BCUT2D eigenvalue weighted by Crippen LogP contribution is -2.47. The van der Waals surface area contributed by atoms with Gasteiger partial charge in [0.1, 0.15) is 0 Å². The zero-order valence-electron chi connectivity index (χ0n) is 16.2. The number of hydrogen-bond donors (Lipinski definition) is 2. The van der Waals surface area contributed by atoms with E-state index in [4.69, 9.17) is 0 Å². The molecule has 2 atom stereocenters. The summed E-state index contributed by atoms with van der Waals surface area (Å²) in [7, 11) is 0. The zero-order chi connectivity index (χ0) is 18.4. The van der Waals surface area contributed by atoms with Crippen molar-refractivity contribution in [1.29, 1.82) is 0 Å². The van der Waals surface area contributed by atoms with E-state index < -0.39 is 0 Å². The largest absolute Gasteiger partial charge is 0.396 e. The van der Waals surface area contributed by atoms with Crippen LogP contribution in [0.5, 0.6) is 0 Å². The van der Waals surface area contributed by atoms with Crippen molar-refractivity contribution in [3.05, 3.63) is 71.3 Å². The monoisotopic (exact) mass is 351 g/mol. The molecular weight excluding hydrogens is 318 g/mol. The third-order valence-corrected chi connectivity index (χ3v) is 6.41. The van der Waals surface area contributed by atoms with Crippen molar-refractivity contribution in [2.45, 2.75) is 57.4 Å². The average Bonchev–Trinajstić information content (AvgIpc) is 3.18. The molecule has 2 N–H and O–H groups in total. The van der Waals surface area contributed by atoms with Crippen molar-refractivity contribution in [3.8, 4) is 0 Å². The zero-order valence-corrected chi connectivity index (χ0v) is 16.2. The van der Waals surface area contributed by atoms with E-state index in [0.717, 1.165) is 13.0 Å². The van der Waals surface area contributed by atoms with Crippen LogP contribution in [-0.2, 0) is 11.8 Å². The Labute approximate surface area is 158 Å². The van der Waals surface area contributed by atoms with Crippen LogP contribution in [0.15, 0.2) is 54.6 Å². The lowest BCUT2D eigenvalue weighted by molar-refractivity contribution is 0.208. The molecule has 2 heteroatoms. The minimum atomic E-state index is 0.229. The van der Waals surface area contributed by atoms with Crippen LogP contribution in [0.2, 0.25) is 0 Å². The highest BCUT2D eigenvalue weighted by molar-refractivity contribution is 5.29. The van der Waals surface area contributed by atoms with Gasteiger partial charge in [-0.1, -0.05) is 67.4 Å². The molecule has 2 aromatic rings. The Morgan fingerprint density at radius 1 is 1.00 bits per heavy atom. The molecule has 0 radical (unpaired) electrons. The van der Waals surface area contributed by atoms with Gasteiger partial charge >= 0.3 is 0 Å². The Hall–Kier alpha value is -1.64. The first-order valence-electron chi connectivity index (χ1n) is 10.1. The summed E-state index contributed by atoms with van der Waals surface area (Å²) in [4.78, 5) is 0. The number of rotatable bonds is 8. The van der Waals surface area contributed by atoms with Gasteiger partial charge in [0, 0.05) is 24.6 Å². The van der Waals surface area contributed by atoms with Crippen LogP contribution in [0.4, 0.5) is 0 Å². The van der Waals surface area contributed by atoms with Crippen LogP contribution in [0, 0.1) is 12.8 Å². The second kappa shape index (κ2) is 8.83. The van der Waals surface area contributed by atoms with Crippen molar-refractivity contribution in [1.82, 2.24) is 5.32 Å². The minimum Gasteiger partial charge on any atom is -0.396 e. The Morgan fingerprint density at radius 2 is 1.65 bits per heavy atom. The van der Waals surface area contributed by atoms with E-state index in [9.17, 15) is 5.11 Å². The summed E-state index contributed by atoms with van der Waals surface area (Å²) in [6.45, 7) is 5.58. The van der Waals surface area contributed by atoms with Gasteiger partial charge in [-0.15, -0.1) is 0 Å². The highest BCUT2D eigenvalue weighted by atomic mass is 16.3. The van der Waals surface area contributed by atoms with Crippen molar-refractivity contribution >= 4 is 0 Å². The van der Waals surface area contributed by atoms with E-state index in [2.05, 4.69) is 73.8 Å². The third kappa shape index (κ3) is 4.19. The van der Waals surface area contributed by atoms with Crippen LogP contribution >= 0.6 is 0 Å². The van der Waals surface area contributed by atoms with E-state index in [-0.39, 0.29) is 17.9 Å². The highest BCUT2D eigenvalue weighted by Gasteiger charge is 2.40. The fraction of sp³-hybridized carbons (Fsp3) is 0.500. The average molecular weight is 352 g/mol. The number of nitrogens with one attached hydrogen (secondary N) is 1. The molecule has 0 heterocycles. The molecule has 1 fully saturated rings. The van der Waals surface area contributed by atoms with Gasteiger partial charge in [0.2, 0.25) is 0 Å². The molecule has 0 spiro atoms. The smallest absolute Gasteiger partial charge is 0.0474 e. The Balaban J connectivity index is 1.66. The summed E-state index contributed by atoms with van der Waals surface area (Å²) >= 11 is 0. The molecule has 0 saturated heterocycles. The summed E-state index contributed by atoms with van der Waals surface area (Å²) in [5, 5.41) is 13.7. The number of hydrogen-bond acceptors (Lipinski definition) is 2. The van der Waals surface area contributed by atoms with Gasteiger partial charge in [-0.05, 0) is 55.7 Å². The highest BCUT2D eigenvalue weighted by Crippen LogP contribution is 2.43. The summed E-state index contributed by atoms with van der Waals surface area (Å²) < 4.78 is 0. The van der Waals surface area contributed by atoms with Gasteiger partial charge in [-0.2, -0.15) is 0 Å². The Morgan fingerprint density at radius 3 is 2.31 bits per heavy atom. The molecule has 0 aliphatic heterocycles. The molecule has 26 heavy (non-hydrogen) atoms. The molecular formula is C24H33NO. The molecule has 0 aromatic heterocycles. The number of aliphatic hydroxyl groups is 1. The predicted molar refractivity (Wildman–Crippen MR) is 110 cm³/mol. The summed E-state index contributed by atoms with van der Waals surface area (Å²) in [6, 6.07) is 19.9. The fourth-order valence-corrected chi connectivity index (χ4v) is 4.64. The molecule has 1 aliphatic rings. The van der Waals surface area contributed by atoms with E-state index in [1.54, 1.807) is 0 Å². The SMILES string of the molecule is Cc1ccccc1CC(CO)CNC(C)C1(c2ccccc2)CCCC1. The van der Waals surface area contributed by atoms with Crippen LogP contribution < -0.4 is 5.32 Å². The molecule has 0 amide bonds. The Bertz CT molecular complexity index is 676. The van der Waals surface area contributed by atoms with Gasteiger partial charge in [0.05, 0.1) is 0 Å². The first kappa shape index (κ1) is 19.1. The van der Waals surface area contributed by atoms with Crippen molar-refractivity contribution in [2.75, 3.05) is 13.2 Å². The van der Waals surface area contributed by atoms with Gasteiger partial charge in [0.25, 0.3) is 0 Å². The molecule has 3 rings (SSSR count). The summed E-state index contributed by atoms with van der Waals surface area (Å²) in [5.41, 5.74) is 4.37. The second-order valence-corrected chi connectivity index (χ2v) is 8.04. The second-order valence-electron chi connectivity index (χ2n) is 8.04. The quantitative estimate of drug-likeness (QED) is 0.726. The standard InChI is InChI=1S/C24H33NO/c1-19-10-6-7-11-22(19)16-21(18-26)17-25-20(2)24(14-8-9-15-24)23-12-4-3-5-13-23/h3-7,10-13,20-21,25-26H,8-9,14-18H2,1-2H3. The topological polar surface area (TPSA) is 32.3 Å². The maximum atomic E-state index is 9.90. The van der Waals surface area contributed by atoms with E-state index in [1.807, 2.05) is 0 Å². The van der Waals surface area contributed by atoms with Crippen LogP contribution in [0.25, 0.3) is 0 Å². The lowest BCUT2D eigenvalue weighted by Gasteiger charge is -2.37. The molecule has 1 aliphatic carbocycles. The van der Waals surface area contributed by atoms with Gasteiger partial charge in [0.15, 0.2) is 0 Å². The molecule has 2 aromatic carbocycles. The Kier molecular flexibility index (Phi) is 6.50. The van der Waals surface area contributed by atoms with Gasteiger partial charge < -0.3 is 10.4 Å². The summed E-state index contributed by atoms with van der Waals surface area (Å²) in [6.07, 6.45) is 6.07. The maximum Gasteiger partial charge on any atom is 0.0474 e. The predicted octanol–water partition coefficient (Wildman–Crippen LogP) is 4.64. The molecule has 2 nitrogen and oxygen atoms in total. The van der Waals surface area contributed by atoms with E-state index in [1.165, 1.54) is 42.4 Å². The maximum absolute atomic E-state index is 9.90. The summed E-state index contributed by atoms with van der Waals surface area (Å²) in [5.74, 6) is 0.257. The normalized spacial score (nSPS) is 18.6. The minimum absolute atomic E-state index is 0.229. The van der Waals surface area contributed by atoms with Crippen molar-refractivity contribution < 1.29 is 5.11 Å². The van der Waals surface area contributed by atoms with Crippen LogP contribution in [0.1, 0.15) is 49.3 Å². The molecule has 1 saturated carbocycles. The van der Waals surface area contributed by atoms with E-state index >= 15 is 0 Å². The number of aliphatic hydroxyl groups excluding tert-OH is 1. The molecule has 140 valence electrons. The molecule has 2 unspecified atom stereocenters. The number of benzene rings is 2. The van der Waals surface area contributed by atoms with Gasteiger partial charge in [-0.25, -0.2) is 0 Å². The van der Waals surface area contributed by atoms with E-state index in [0.29, 0.717) is 6.04 Å². The first-order valence-corrected chi connectivity index (χ1v) is 10.1. The van der Waals surface area contributed by atoms with Crippen LogP contribution in [-0.4, -0.2) is 24.3 Å². The lowest BCUT2D eigenvalue weighted by atomic mass is 9.73. The van der Waals surface area contributed by atoms with Gasteiger partial charge in [-0.3, -0.25) is 0 Å². The van der Waals surface area contributed by atoms with Crippen molar-refractivity contribution in [2.24, 2.45) is 5.92 Å². The first-order chi connectivity index (χ1) is 12.7. The molecule has 0 bridgehead atoms. The van der Waals surface area contributed by atoms with Crippen LogP contribution in [0.3, 0.4) is 0 Å². The number of aryl methyl sites for hydroxylation is 1. The fourth-order valence-electron chi connectivity index (χ4n) is 4.64. The van der Waals surface area contributed by atoms with Crippen molar-refractivity contribution in [3.63, 3.8) is 0 Å².